The molecule has 142 valence electrons. The number of rotatable bonds is 4. The van der Waals surface area contributed by atoms with Crippen molar-refractivity contribution in [3.8, 4) is 5.95 Å². The molecule has 6 nitrogen and oxygen atoms in total. The van der Waals surface area contributed by atoms with Gasteiger partial charge >= 0.3 is 0 Å². The summed E-state index contributed by atoms with van der Waals surface area (Å²) >= 11 is 1.83. The summed E-state index contributed by atoms with van der Waals surface area (Å²) in [5, 5.41) is 9.40. The summed E-state index contributed by atoms with van der Waals surface area (Å²) < 4.78 is 7.65. The van der Waals surface area contributed by atoms with Gasteiger partial charge in [0.25, 0.3) is 5.95 Å². The zero-order chi connectivity index (χ0) is 18.4. The Bertz CT molecular complexity index is 986. The summed E-state index contributed by atoms with van der Waals surface area (Å²) in [5.74, 6) is 1.60. The monoisotopic (exact) mass is 383 g/mol. The van der Waals surface area contributed by atoms with E-state index in [-0.39, 0.29) is 6.10 Å². The molecule has 1 aliphatic heterocycles. The second-order valence-corrected chi connectivity index (χ2v) is 8.70. The molecule has 0 spiro atoms. The average Bonchev–Trinajstić information content (AvgIpc) is 3.37. The third kappa shape index (κ3) is 3.12. The van der Waals surface area contributed by atoms with Crippen molar-refractivity contribution < 1.29 is 4.74 Å². The zero-order valence-corrected chi connectivity index (χ0v) is 16.7. The van der Waals surface area contributed by atoms with Crippen LogP contribution in [0.1, 0.15) is 47.5 Å². The molecule has 0 amide bonds. The van der Waals surface area contributed by atoms with Crippen LogP contribution in [0.25, 0.3) is 16.2 Å². The molecular weight excluding hydrogens is 358 g/mol. The van der Waals surface area contributed by atoms with Crippen LogP contribution in [0.3, 0.4) is 0 Å². The Labute approximate surface area is 163 Å². The van der Waals surface area contributed by atoms with Crippen molar-refractivity contribution in [1.29, 1.82) is 0 Å². The van der Waals surface area contributed by atoms with E-state index in [1.165, 1.54) is 28.7 Å². The highest BCUT2D eigenvalue weighted by atomic mass is 32.1. The predicted octanol–water partition coefficient (Wildman–Crippen LogP) is 3.96. The van der Waals surface area contributed by atoms with Crippen molar-refractivity contribution in [2.45, 2.75) is 58.5 Å². The van der Waals surface area contributed by atoms with E-state index >= 15 is 0 Å². The minimum atomic E-state index is 0.279. The summed E-state index contributed by atoms with van der Waals surface area (Å²) in [6, 6.07) is 2.06. The Kier molecular flexibility index (Phi) is 4.36. The number of thiophene rings is 1. The molecular formula is C20H25N5OS. The van der Waals surface area contributed by atoms with Crippen LogP contribution in [-0.4, -0.2) is 39.0 Å². The van der Waals surface area contributed by atoms with Gasteiger partial charge in [-0.15, -0.1) is 11.3 Å². The summed E-state index contributed by atoms with van der Waals surface area (Å²) in [4.78, 5) is 12.4. The van der Waals surface area contributed by atoms with Gasteiger partial charge < -0.3 is 10.1 Å². The van der Waals surface area contributed by atoms with Crippen molar-refractivity contribution in [2.75, 3.05) is 18.5 Å². The molecule has 3 aromatic rings. The molecule has 5 rings (SSSR count). The van der Waals surface area contributed by atoms with Crippen LogP contribution in [0.4, 0.5) is 5.82 Å². The lowest BCUT2D eigenvalue weighted by molar-refractivity contribution is 0.120. The van der Waals surface area contributed by atoms with E-state index in [9.17, 15) is 0 Å². The number of fused-ring (bicyclic) bond motifs is 3. The van der Waals surface area contributed by atoms with Crippen LogP contribution < -0.4 is 5.32 Å². The number of anilines is 1. The van der Waals surface area contributed by atoms with Crippen LogP contribution in [0.5, 0.6) is 0 Å². The summed E-state index contributed by atoms with van der Waals surface area (Å²) in [6.45, 7) is 5.72. The third-order valence-electron chi connectivity index (χ3n) is 5.52. The van der Waals surface area contributed by atoms with E-state index < -0.39 is 0 Å². The molecule has 27 heavy (non-hydrogen) atoms. The first-order chi connectivity index (χ1) is 13.2. The molecule has 0 radical (unpaired) electrons. The van der Waals surface area contributed by atoms with E-state index in [0.29, 0.717) is 5.95 Å². The maximum Gasteiger partial charge on any atom is 0.254 e. The molecule has 0 aromatic carbocycles. The minimum absolute atomic E-state index is 0.279. The van der Waals surface area contributed by atoms with Crippen LogP contribution in [0.15, 0.2) is 6.07 Å². The fraction of sp³-hybridized carbons (Fsp3) is 0.550. The van der Waals surface area contributed by atoms with Gasteiger partial charge in [-0.05, 0) is 64.0 Å². The van der Waals surface area contributed by atoms with Gasteiger partial charge in [0.1, 0.15) is 10.6 Å². The molecule has 1 N–H and O–H groups in total. The number of hydrogen-bond donors (Lipinski definition) is 1. The average molecular weight is 384 g/mol. The normalized spacial score (nSPS) is 19.6. The molecule has 4 heterocycles. The van der Waals surface area contributed by atoms with Crippen LogP contribution in [0, 0.1) is 13.8 Å². The van der Waals surface area contributed by atoms with E-state index in [2.05, 4.69) is 16.5 Å². The Morgan fingerprint density at radius 1 is 1.22 bits per heavy atom. The first-order valence-electron chi connectivity index (χ1n) is 9.90. The van der Waals surface area contributed by atoms with Crippen molar-refractivity contribution >= 4 is 27.4 Å². The zero-order valence-electron chi connectivity index (χ0n) is 15.9. The largest absolute Gasteiger partial charge is 0.376 e. The van der Waals surface area contributed by atoms with Gasteiger partial charge in [-0.3, -0.25) is 0 Å². The fourth-order valence-corrected chi connectivity index (χ4v) is 5.47. The van der Waals surface area contributed by atoms with E-state index in [0.717, 1.165) is 60.9 Å². The Balaban J connectivity index is 1.61. The van der Waals surface area contributed by atoms with Gasteiger partial charge in [0.05, 0.1) is 17.2 Å². The van der Waals surface area contributed by atoms with Gasteiger partial charge in [0, 0.05) is 23.7 Å². The molecule has 0 bridgehead atoms. The van der Waals surface area contributed by atoms with Gasteiger partial charge in [-0.25, -0.2) is 4.68 Å². The Morgan fingerprint density at radius 3 is 2.89 bits per heavy atom. The van der Waals surface area contributed by atoms with E-state index in [1.807, 2.05) is 29.9 Å². The third-order valence-corrected chi connectivity index (χ3v) is 6.71. The molecule has 1 aliphatic carbocycles. The second-order valence-electron chi connectivity index (χ2n) is 7.62. The molecule has 7 heteroatoms. The van der Waals surface area contributed by atoms with Crippen LogP contribution in [-0.2, 0) is 17.6 Å². The lowest BCUT2D eigenvalue weighted by Crippen LogP contribution is -2.20. The smallest absolute Gasteiger partial charge is 0.254 e. The molecule has 0 saturated carbocycles. The van der Waals surface area contributed by atoms with Crippen molar-refractivity contribution in [1.82, 2.24) is 19.7 Å². The number of hydrogen-bond acceptors (Lipinski definition) is 6. The predicted molar refractivity (Wildman–Crippen MR) is 108 cm³/mol. The van der Waals surface area contributed by atoms with Gasteiger partial charge in [-0.2, -0.15) is 15.1 Å². The SMILES string of the molecule is Cc1cc(C)n(-c2nc(NC[C@H]3CCCO3)c3c4c(sc3n2)CCCC4)n1. The molecule has 3 aromatic heterocycles. The number of nitrogens with one attached hydrogen (secondary N) is 1. The number of aromatic nitrogens is 4. The van der Waals surface area contributed by atoms with Crippen molar-refractivity contribution in [2.24, 2.45) is 0 Å². The minimum Gasteiger partial charge on any atom is -0.376 e. The highest BCUT2D eigenvalue weighted by molar-refractivity contribution is 7.19. The maximum atomic E-state index is 5.80. The highest BCUT2D eigenvalue weighted by Crippen LogP contribution is 2.39. The van der Waals surface area contributed by atoms with Gasteiger partial charge in [0.2, 0.25) is 0 Å². The van der Waals surface area contributed by atoms with E-state index in [1.54, 1.807) is 0 Å². The Hall–Kier alpha value is -1.99. The topological polar surface area (TPSA) is 64.9 Å². The lowest BCUT2D eigenvalue weighted by Gasteiger charge is -2.15. The molecule has 1 fully saturated rings. The maximum absolute atomic E-state index is 5.80. The summed E-state index contributed by atoms with van der Waals surface area (Å²) in [6.07, 6.45) is 7.37. The molecule has 2 aliphatic rings. The highest BCUT2D eigenvalue weighted by Gasteiger charge is 2.23. The number of nitrogens with zero attached hydrogens (tertiary/aromatic N) is 4. The second kappa shape index (κ2) is 6.87. The molecule has 0 unspecified atom stereocenters. The standard InChI is InChI=1S/C20H25N5OS/c1-12-10-13(2)25(24-12)20-22-18(21-11-14-6-5-9-26-14)17-15-7-3-4-8-16(15)27-19(17)23-20/h10,14H,3-9,11H2,1-2H3,(H,21,22,23)/t14-/m1/s1. The van der Waals surface area contributed by atoms with Crippen molar-refractivity contribution in [3.05, 3.63) is 27.9 Å². The lowest BCUT2D eigenvalue weighted by atomic mass is 9.97. The number of ether oxygens (including phenoxy) is 1. The van der Waals surface area contributed by atoms with Crippen LogP contribution >= 0.6 is 11.3 Å². The summed E-state index contributed by atoms with van der Waals surface area (Å²) in [5.41, 5.74) is 3.49. The first-order valence-corrected chi connectivity index (χ1v) is 10.7. The van der Waals surface area contributed by atoms with Crippen LogP contribution in [0.2, 0.25) is 0 Å². The van der Waals surface area contributed by atoms with Crippen molar-refractivity contribution in [3.63, 3.8) is 0 Å². The van der Waals surface area contributed by atoms with Gasteiger partial charge in [0.15, 0.2) is 0 Å². The van der Waals surface area contributed by atoms with Gasteiger partial charge in [-0.1, -0.05) is 0 Å². The summed E-state index contributed by atoms with van der Waals surface area (Å²) in [7, 11) is 0. The Morgan fingerprint density at radius 2 is 2.11 bits per heavy atom. The quantitative estimate of drug-likeness (QED) is 0.739. The van der Waals surface area contributed by atoms with E-state index in [4.69, 9.17) is 14.7 Å². The number of aryl methyl sites for hydroxylation is 4. The molecule has 1 saturated heterocycles. The molecule has 1 atom stereocenters. The fourth-order valence-electron chi connectivity index (χ4n) is 4.22. The first kappa shape index (κ1) is 17.1.